The van der Waals surface area contributed by atoms with Gasteiger partial charge in [0.1, 0.15) is 5.82 Å². The van der Waals surface area contributed by atoms with Gasteiger partial charge in [-0.25, -0.2) is 13.1 Å². The molecule has 2 aromatic rings. The van der Waals surface area contributed by atoms with Crippen molar-refractivity contribution >= 4 is 21.5 Å². The van der Waals surface area contributed by atoms with E-state index in [-0.39, 0.29) is 10.7 Å². The van der Waals surface area contributed by atoms with Crippen LogP contribution in [0.5, 0.6) is 0 Å². The molecule has 0 bridgehead atoms. The van der Waals surface area contributed by atoms with Crippen LogP contribution < -0.4 is 10.6 Å². The molecular formula is C13H18N4O2S. The maximum Gasteiger partial charge on any atom is 0.182 e. The van der Waals surface area contributed by atoms with Gasteiger partial charge in [-0.1, -0.05) is 17.7 Å². The van der Waals surface area contributed by atoms with Gasteiger partial charge in [-0.3, -0.25) is 0 Å². The van der Waals surface area contributed by atoms with Gasteiger partial charge in [-0.2, -0.15) is 0 Å². The summed E-state index contributed by atoms with van der Waals surface area (Å²) in [6.45, 7) is 1.98. The van der Waals surface area contributed by atoms with Gasteiger partial charge >= 0.3 is 0 Å². The molecule has 1 heterocycles. The number of rotatable bonds is 3. The van der Waals surface area contributed by atoms with E-state index in [4.69, 9.17) is 5.73 Å². The van der Waals surface area contributed by atoms with Gasteiger partial charge in [-0.15, -0.1) is 5.10 Å². The maximum atomic E-state index is 11.9. The van der Waals surface area contributed by atoms with Crippen LogP contribution in [-0.2, 0) is 9.84 Å². The molecule has 0 saturated carbocycles. The van der Waals surface area contributed by atoms with Crippen molar-refractivity contribution in [3.63, 3.8) is 0 Å². The van der Waals surface area contributed by atoms with Crippen molar-refractivity contribution in [1.29, 1.82) is 0 Å². The molecule has 0 atom stereocenters. The Hall–Kier alpha value is -2.02. The van der Waals surface area contributed by atoms with Crippen LogP contribution >= 0.6 is 0 Å². The monoisotopic (exact) mass is 294 g/mol. The number of nitrogens with zero attached hydrogens (tertiary/aromatic N) is 3. The Morgan fingerprint density at radius 1 is 1.20 bits per heavy atom. The molecule has 20 heavy (non-hydrogen) atoms. The third-order valence-electron chi connectivity index (χ3n) is 2.93. The van der Waals surface area contributed by atoms with Crippen molar-refractivity contribution in [1.82, 2.24) is 9.78 Å². The molecule has 1 aromatic carbocycles. The fourth-order valence-corrected chi connectivity index (χ4v) is 2.96. The molecule has 7 heteroatoms. The van der Waals surface area contributed by atoms with Gasteiger partial charge in [0.15, 0.2) is 20.6 Å². The molecule has 0 aliphatic heterocycles. The zero-order chi connectivity index (χ0) is 15.1. The summed E-state index contributed by atoms with van der Waals surface area (Å²) in [5.74, 6) is 0.464. The lowest BCUT2D eigenvalue weighted by molar-refractivity contribution is 0.602. The normalized spacial score (nSPS) is 11.6. The molecule has 6 nitrogen and oxygen atoms in total. The van der Waals surface area contributed by atoms with E-state index in [1.165, 1.54) is 4.68 Å². The minimum absolute atomic E-state index is 0.0584. The first-order chi connectivity index (χ1) is 9.21. The van der Waals surface area contributed by atoms with Crippen LogP contribution in [0.15, 0.2) is 29.2 Å². The molecule has 2 rings (SSSR count). The summed E-state index contributed by atoms with van der Waals surface area (Å²) in [4.78, 5) is 1.69. The second-order valence-corrected chi connectivity index (χ2v) is 6.90. The first-order valence-corrected chi connectivity index (χ1v) is 7.94. The highest BCUT2D eigenvalue weighted by molar-refractivity contribution is 7.91. The number of hydrogen-bond donors (Lipinski definition) is 1. The second kappa shape index (κ2) is 4.82. The molecule has 0 aliphatic carbocycles. The Balaban J connectivity index is 2.71. The highest BCUT2D eigenvalue weighted by atomic mass is 32.2. The number of anilines is 2. The Morgan fingerprint density at radius 3 is 2.15 bits per heavy atom. The standard InChI is InChI=1S/C13H18N4O2S/c1-9-5-7-10(8-6-9)17-12(14)11(20(4,18)19)13(15-17)16(2)3/h5-8H,14H2,1-4H3. The number of nitrogen functional groups attached to an aromatic ring is 1. The number of nitrogens with two attached hydrogens (primary N) is 1. The van der Waals surface area contributed by atoms with Crippen molar-refractivity contribution in [2.75, 3.05) is 31.0 Å². The van der Waals surface area contributed by atoms with Crippen LogP contribution in [0.4, 0.5) is 11.6 Å². The largest absolute Gasteiger partial charge is 0.382 e. The molecule has 2 N–H and O–H groups in total. The third kappa shape index (κ3) is 2.49. The van der Waals surface area contributed by atoms with E-state index in [9.17, 15) is 8.42 Å². The van der Waals surface area contributed by atoms with Gasteiger partial charge < -0.3 is 10.6 Å². The fraction of sp³-hybridized carbons (Fsp3) is 0.308. The Kier molecular flexibility index (Phi) is 3.47. The van der Waals surface area contributed by atoms with E-state index in [2.05, 4.69) is 5.10 Å². The van der Waals surface area contributed by atoms with Crippen molar-refractivity contribution in [2.45, 2.75) is 11.8 Å². The van der Waals surface area contributed by atoms with Crippen LogP contribution in [0, 0.1) is 6.92 Å². The number of sulfone groups is 1. The SMILES string of the molecule is Cc1ccc(-n2nc(N(C)C)c(S(C)(=O)=O)c2N)cc1. The second-order valence-electron chi connectivity index (χ2n) is 4.95. The lowest BCUT2D eigenvalue weighted by Crippen LogP contribution is -2.13. The van der Waals surface area contributed by atoms with E-state index in [0.717, 1.165) is 17.5 Å². The lowest BCUT2D eigenvalue weighted by Gasteiger charge is -2.09. The molecule has 108 valence electrons. The quantitative estimate of drug-likeness (QED) is 0.921. The molecule has 0 unspecified atom stereocenters. The van der Waals surface area contributed by atoms with E-state index in [0.29, 0.717) is 5.82 Å². The van der Waals surface area contributed by atoms with Crippen LogP contribution in [-0.4, -0.2) is 38.5 Å². The van der Waals surface area contributed by atoms with E-state index in [1.807, 2.05) is 31.2 Å². The fourth-order valence-electron chi connectivity index (χ4n) is 1.94. The zero-order valence-corrected chi connectivity index (χ0v) is 12.8. The van der Waals surface area contributed by atoms with Crippen molar-refractivity contribution in [2.24, 2.45) is 0 Å². The molecule has 0 fully saturated rings. The molecule has 1 aromatic heterocycles. The zero-order valence-electron chi connectivity index (χ0n) is 12.0. The number of aryl methyl sites for hydroxylation is 1. The van der Waals surface area contributed by atoms with Gasteiger partial charge in [0.05, 0.1) is 5.69 Å². The molecule has 0 radical (unpaired) electrons. The minimum Gasteiger partial charge on any atom is -0.382 e. The average Bonchev–Trinajstić information content (AvgIpc) is 2.68. The summed E-state index contributed by atoms with van der Waals surface area (Å²) < 4.78 is 25.3. The van der Waals surface area contributed by atoms with E-state index < -0.39 is 9.84 Å². The Morgan fingerprint density at radius 2 is 1.75 bits per heavy atom. The van der Waals surface area contributed by atoms with Crippen LogP contribution in [0.3, 0.4) is 0 Å². The van der Waals surface area contributed by atoms with Crippen LogP contribution in [0.25, 0.3) is 5.69 Å². The topological polar surface area (TPSA) is 81.2 Å². The van der Waals surface area contributed by atoms with Gasteiger partial charge in [-0.05, 0) is 19.1 Å². The minimum atomic E-state index is -3.45. The third-order valence-corrected chi connectivity index (χ3v) is 4.06. The van der Waals surface area contributed by atoms with Gasteiger partial charge in [0.25, 0.3) is 0 Å². The Bertz CT molecular complexity index is 730. The maximum absolute atomic E-state index is 11.9. The highest BCUT2D eigenvalue weighted by Gasteiger charge is 2.25. The highest BCUT2D eigenvalue weighted by Crippen LogP contribution is 2.30. The van der Waals surface area contributed by atoms with Crippen LogP contribution in [0.2, 0.25) is 0 Å². The van der Waals surface area contributed by atoms with Crippen molar-refractivity contribution in [3.8, 4) is 5.69 Å². The first kappa shape index (κ1) is 14.4. The summed E-state index contributed by atoms with van der Waals surface area (Å²) in [6.07, 6.45) is 1.13. The van der Waals surface area contributed by atoms with Crippen LogP contribution in [0.1, 0.15) is 5.56 Å². The molecular weight excluding hydrogens is 276 g/mol. The summed E-state index contributed by atoms with van der Waals surface area (Å²) in [6, 6.07) is 7.55. The van der Waals surface area contributed by atoms with Crippen molar-refractivity contribution in [3.05, 3.63) is 29.8 Å². The number of benzene rings is 1. The average molecular weight is 294 g/mol. The predicted octanol–water partition coefficient (Wildman–Crippen LogP) is 1.23. The van der Waals surface area contributed by atoms with E-state index in [1.54, 1.807) is 19.0 Å². The molecule has 0 saturated heterocycles. The summed E-state index contributed by atoms with van der Waals surface area (Å²) >= 11 is 0. The van der Waals surface area contributed by atoms with Gasteiger partial charge in [0.2, 0.25) is 0 Å². The smallest absolute Gasteiger partial charge is 0.182 e. The first-order valence-electron chi connectivity index (χ1n) is 6.04. The molecule has 0 aliphatic rings. The lowest BCUT2D eigenvalue weighted by atomic mass is 10.2. The molecule has 0 spiro atoms. The van der Waals surface area contributed by atoms with Gasteiger partial charge in [0, 0.05) is 20.4 Å². The van der Waals surface area contributed by atoms with Crippen molar-refractivity contribution < 1.29 is 8.42 Å². The number of aromatic nitrogens is 2. The summed E-state index contributed by atoms with van der Waals surface area (Å²) in [5.41, 5.74) is 7.83. The summed E-state index contributed by atoms with van der Waals surface area (Å²) in [5, 5.41) is 4.31. The Labute approximate surface area is 118 Å². The number of hydrogen-bond acceptors (Lipinski definition) is 5. The predicted molar refractivity (Wildman–Crippen MR) is 80.2 cm³/mol. The molecule has 0 amide bonds. The summed E-state index contributed by atoms with van der Waals surface area (Å²) in [7, 11) is 0.00966. The van der Waals surface area contributed by atoms with E-state index >= 15 is 0 Å².